The summed E-state index contributed by atoms with van der Waals surface area (Å²) in [6.45, 7) is 1.63. The molecule has 8 N–H and O–H groups in total. The highest BCUT2D eigenvalue weighted by molar-refractivity contribution is 6.05. The van der Waals surface area contributed by atoms with Crippen molar-refractivity contribution in [2.24, 2.45) is 21.5 Å². The molecule has 0 aromatic heterocycles. The third-order valence-corrected chi connectivity index (χ3v) is 3.49. The zero-order chi connectivity index (χ0) is 17.9. The summed E-state index contributed by atoms with van der Waals surface area (Å²) >= 11 is 0. The maximum atomic E-state index is 10.6. The lowest BCUT2D eigenvalue weighted by molar-refractivity contribution is -0.139. The lowest BCUT2D eigenvalue weighted by Crippen LogP contribution is -2.38. The van der Waals surface area contributed by atoms with Gasteiger partial charge in [0.25, 0.3) is 0 Å². The molecule has 0 aromatic rings. The number of aliphatic carboxylic acids is 2. The van der Waals surface area contributed by atoms with E-state index < -0.39 is 24.0 Å². The molecule has 0 saturated carbocycles. The lowest BCUT2D eigenvalue weighted by atomic mass is 10.1. The van der Waals surface area contributed by atoms with Crippen molar-refractivity contribution in [3.63, 3.8) is 0 Å². The first-order valence-corrected chi connectivity index (χ1v) is 7.95. The first-order valence-electron chi connectivity index (χ1n) is 7.95. The topological polar surface area (TPSA) is 175 Å². The molecule has 0 amide bonds. The van der Waals surface area contributed by atoms with E-state index in [1.165, 1.54) is 0 Å². The lowest BCUT2D eigenvalue weighted by Gasteiger charge is -2.08. The number of unbranched alkanes of at least 4 members (excludes halogenated alkanes) is 1. The van der Waals surface area contributed by atoms with E-state index in [0.717, 1.165) is 12.3 Å². The standard InChI is InChI=1S/C14H26N6O4/c15-9(12(21)22)4-1-2-6-17-11-8-19-14(20-11)18-7-3-5-10(16)13(23)24/h9-10H,1-8,15-16H2,(H,21,22)(H,23,24)(H2,17,18,19,20)/t9-,10-/m0/s1. The minimum absolute atomic E-state index is 0.398. The largest absolute Gasteiger partial charge is 0.480 e. The fraction of sp³-hybridized carbons (Fsp3) is 0.714. The molecule has 0 radical (unpaired) electrons. The quantitative estimate of drug-likeness (QED) is 0.251. The molecule has 0 saturated heterocycles. The third-order valence-electron chi connectivity index (χ3n) is 3.49. The Morgan fingerprint density at radius 2 is 1.79 bits per heavy atom. The maximum Gasteiger partial charge on any atom is 0.320 e. The minimum Gasteiger partial charge on any atom is -0.480 e. The Morgan fingerprint density at radius 1 is 1.17 bits per heavy atom. The highest BCUT2D eigenvalue weighted by Gasteiger charge is 2.13. The molecule has 10 heteroatoms. The SMILES string of the molecule is N[C@@H](CCCCN=C1CN=C(NCCC[C@H](N)C(=O)O)N1)C(=O)O. The summed E-state index contributed by atoms with van der Waals surface area (Å²) in [5, 5.41) is 23.4. The maximum absolute atomic E-state index is 10.6. The van der Waals surface area contributed by atoms with Crippen molar-refractivity contribution in [3.05, 3.63) is 0 Å². The molecule has 2 atom stereocenters. The second-order valence-corrected chi connectivity index (χ2v) is 5.57. The van der Waals surface area contributed by atoms with Crippen LogP contribution >= 0.6 is 0 Å². The number of carbonyl (C=O) groups is 2. The van der Waals surface area contributed by atoms with E-state index in [1.807, 2.05) is 0 Å². The summed E-state index contributed by atoms with van der Waals surface area (Å²) in [4.78, 5) is 29.7. The molecule has 136 valence electrons. The van der Waals surface area contributed by atoms with E-state index in [2.05, 4.69) is 20.6 Å². The second-order valence-electron chi connectivity index (χ2n) is 5.57. The summed E-state index contributed by atoms with van der Waals surface area (Å²) in [5.41, 5.74) is 10.8. The fourth-order valence-corrected chi connectivity index (χ4v) is 2.03. The van der Waals surface area contributed by atoms with Crippen LogP contribution in [0.2, 0.25) is 0 Å². The molecule has 10 nitrogen and oxygen atoms in total. The van der Waals surface area contributed by atoms with Crippen molar-refractivity contribution >= 4 is 23.7 Å². The highest BCUT2D eigenvalue weighted by atomic mass is 16.4. The van der Waals surface area contributed by atoms with Gasteiger partial charge in [0.15, 0.2) is 5.96 Å². The van der Waals surface area contributed by atoms with Crippen LogP contribution in [0.25, 0.3) is 0 Å². The molecule has 24 heavy (non-hydrogen) atoms. The molecule has 0 spiro atoms. The summed E-state index contributed by atoms with van der Waals surface area (Å²) in [6, 6.07) is -1.65. The summed E-state index contributed by atoms with van der Waals surface area (Å²) in [6.07, 6.45) is 2.94. The van der Waals surface area contributed by atoms with Crippen molar-refractivity contribution in [1.82, 2.24) is 10.6 Å². The number of aliphatic imine (C=N–C) groups is 2. The molecule has 1 aliphatic heterocycles. The van der Waals surface area contributed by atoms with E-state index in [4.69, 9.17) is 21.7 Å². The van der Waals surface area contributed by atoms with Gasteiger partial charge in [-0.3, -0.25) is 14.6 Å². The van der Waals surface area contributed by atoms with Gasteiger partial charge in [-0.2, -0.15) is 0 Å². The highest BCUT2D eigenvalue weighted by Crippen LogP contribution is 2.00. The van der Waals surface area contributed by atoms with E-state index in [-0.39, 0.29) is 0 Å². The Kier molecular flexibility index (Phi) is 8.72. The number of rotatable bonds is 11. The predicted octanol–water partition coefficient (Wildman–Crippen LogP) is -1.29. The van der Waals surface area contributed by atoms with Gasteiger partial charge in [0.2, 0.25) is 0 Å². The van der Waals surface area contributed by atoms with Crippen LogP contribution in [-0.2, 0) is 9.59 Å². The number of amidine groups is 1. The number of nitrogens with zero attached hydrogens (tertiary/aromatic N) is 2. The van der Waals surface area contributed by atoms with Crippen LogP contribution in [0.1, 0.15) is 32.1 Å². The van der Waals surface area contributed by atoms with E-state index >= 15 is 0 Å². The second kappa shape index (κ2) is 10.6. The number of hydrogen-bond acceptors (Lipinski definition) is 7. The average molecular weight is 342 g/mol. The molecule has 1 aliphatic rings. The van der Waals surface area contributed by atoms with Gasteiger partial charge in [-0.15, -0.1) is 0 Å². The number of carboxylic acids is 2. The van der Waals surface area contributed by atoms with Crippen LogP contribution in [0.3, 0.4) is 0 Å². The van der Waals surface area contributed by atoms with Gasteiger partial charge in [0.1, 0.15) is 24.5 Å². The van der Waals surface area contributed by atoms with Gasteiger partial charge >= 0.3 is 11.9 Å². The van der Waals surface area contributed by atoms with Crippen LogP contribution in [0.5, 0.6) is 0 Å². The number of guanidine groups is 1. The Bertz CT molecular complexity index is 494. The summed E-state index contributed by atoms with van der Waals surface area (Å²) in [7, 11) is 0. The van der Waals surface area contributed by atoms with Gasteiger partial charge < -0.3 is 32.3 Å². The number of nitrogens with one attached hydrogen (secondary N) is 2. The van der Waals surface area contributed by atoms with Crippen LogP contribution in [0, 0.1) is 0 Å². The first-order chi connectivity index (χ1) is 11.4. The Balaban J connectivity index is 2.10. The van der Waals surface area contributed by atoms with Gasteiger partial charge in [-0.05, 0) is 32.1 Å². The average Bonchev–Trinajstić information content (AvgIpc) is 2.98. The van der Waals surface area contributed by atoms with Crippen LogP contribution < -0.4 is 22.1 Å². The molecular formula is C14H26N6O4. The van der Waals surface area contributed by atoms with Crippen LogP contribution in [0.15, 0.2) is 9.98 Å². The molecule has 1 heterocycles. The van der Waals surface area contributed by atoms with Crippen molar-refractivity contribution in [2.75, 3.05) is 19.6 Å². The Hall–Kier alpha value is -2.20. The molecule has 0 fully saturated rings. The normalized spacial score (nSPS) is 17.9. The van der Waals surface area contributed by atoms with Crippen LogP contribution in [0.4, 0.5) is 0 Å². The van der Waals surface area contributed by atoms with Gasteiger partial charge in [-0.25, -0.2) is 4.99 Å². The molecule has 0 aromatic carbocycles. The van der Waals surface area contributed by atoms with Crippen molar-refractivity contribution < 1.29 is 19.8 Å². The van der Waals surface area contributed by atoms with Crippen molar-refractivity contribution in [1.29, 1.82) is 0 Å². The van der Waals surface area contributed by atoms with Crippen molar-refractivity contribution in [2.45, 2.75) is 44.2 Å². The number of carboxylic acid groups (broad SMARTS) is 2. The Labute approximate surface area is 140 Å². The molecule has 1 rings (SSSR count). The summed E-state index contributed by atoms with van der Waals surface area (Å²) in [5.74, 6) is -0.606. The van der Waals surface area contributed by atoms with E-state index in [1.54, 1.807) is 0 Å². The predicted molar refractivity (Wildman–Crippen MR) is 90.0 cm³/mol. The van der Waals surface area contributed by atoms with Gasteiger partial charge in [0, 0.05) is 13.1 Å². The third kappa shape index (κ3) is 7.88. The zero-order valence-corrected chi connectivity index (χ0v) is 13.6. The summed E-state index contributed by atoms with van der Waals surface area (Å²) < 4.78 is 0. The molecule has 0 aliphatic carbocycles. The fourth-order valence-electron chi connectivity index (χ4n) is 2.03. The van der Waals surface area contributed by atoms with Crippen molar-refractivity contribution in [3.8, 4) is 0 Å². The molecule has 0 bridgehead atoms. The van der Waals surface area contributed by atoms with Crippen LogP contribution in [-0.4, -0.2) is 65.7 Å². The van der Waals surface area contributed by atoms with E-state index in [9.17, 15) is 9.59 Å². The zero-order valence-electron chi connectivity index (χ0n) is 13.6. The minimum atomic E-state index is -0.995. The Morgan fingerprint density at radius 3 is 2.42 bits per heavy atom. The van der Waals surface area contributed by atoms with E-state index in [0.29, 0.717) is 51.3 Å². The smallest absolute Gasteiger partial charge is 0.320 e. The first kappa shape index (κ1) is 19.8. The van der Waals surface area contributed by atoms with Gasteiger partial charge in [-0.1, -0.05) is 0 Å². The number of hydrogen-bond donors (Lipinski definition) is 6. The molecular weight excluding hydrogens is 316 g/mol. The molecule has 0 unspecified atom stereocenters. The van der Waals surface area contributed by atoms with Gasteiger partial charge in [0.05, 0.1) is 0 Å². The monoisotopic (exact) mass is 342 g/mol. The number of nitrogens with two attached hydrogens (primary N) is 2.